The summed E-state index contributed by atoms with van der Waals surface area (Å²) >= 11 is 16.1. The maximum atomic E-state index is 11.3. The number of thiophene rings is 1. The van der Waals surface area contributed by atoms with Gasteiger partial charge in [0.1, 0.15) is 11.5 Å². The van der Waals surface area contributed by atoms with Crippen molar-refractivity contribution in [3.8, 4) is 21.8 Å². The average molecular weight is 603 g/mol. The first-order valence-electron chi connectivity index (χ1n) is 13.1. The third-order valence-corrected chi connectivity index (χ3v) is 10.4. The van der Waals surface area contributed by atoms with Crippen molar-refractivity contribution in [2.45, 2.75) is 69.2 Å². The normalized spacial score (nSPS) is 22.5. The number of nitrogens with zero attached hydrogens (tertiary/aromatic N) is 3. The van der Waals surface area contributed by atoms with Crippen LogP contribution in [0.15, 0.2) is 39.5 Å². The molecule has 202 valence electrons. The van der Waals surface area contributed by atoms with E-state index in [9.17, 15) is 9.90 Å². The van der Waals surface area contributed by atoms with Crippen LogP contribution in [0.4, 0.5) is 5.13 Å². The Balaban J connectivity index is 1.07. The van der Waals surface area contributed by atoms with Crippen LogP contribution >= 0.6 is 45.9 Å². The SMILES string of the molecule is O=C(O)c1csc(-c2csc(N3C4CCC3CC(OCc3c(-c5c(Cl)cccc5Cl)noc3C3CC3)C4)n2)c1. The summed E-state index contributed by atoms with van der Waals surface area (Å²) in [5, 5.41) is 19.4. The molecule has 1 N–H and O–H groups in total. The molecule has 2 bridgehead atoms. The number of hydrogen-bond donors (Lipinski definition) is 1. The van der Waals surface area contributed by atoms with Gasteiger partial charge in [0, 0.05) is 39.9 Å². The van der Waals surface area contributed by atoms with Crippen LogP contribution < -0.4 is 4.90 Å². The Bertz CT molecular complexity index is 1510. The zero-order chi connectivity index (χ0) is 26.7. The molecule has 1 saturated carbocycles. The van der Waals surface area contributed by atoms with Crippen molar-refractivity contribution in [3.63, 3.8) is 0 Å². The van der Waals surface area contributed by atoms with Gasteiger partial charge in [0.25, 0.3) is 0 Å². The van der Waals surface area contributed by atoms with Gasteiger partial charge < -0.3 is 19.3 Å². The Labute approximate surface area is 243 Å². The highest BCUT2D eigenvalue weighted by Gasteiger charge is 2.43. The largest absolute Gasteiger partial charge is 0.478 e. The molecule has 7 rings (SSSR count). The first-order chi connectivity index (χ1) is 19.0. The number of benzene rings is 1. The van der Waals surface area contributed by atoms with Gasteiger partial charge in [0.2, 0.25) is 0 Å². The first-order valence-corrected chi connectivity index (χ1v) is 15.6. The number of aromatic carboxylic acids is 1. The summed E-state index contributed by atoms with van der Waals surface area (Å²) in [6, 6.07) is 7.90. The first kappa shape index (κ1) is 25.5. The summed E-state index contributed by atoms with van der Waals surface area (Å²) in [6.07, 6.45) is 6.41. The van der Waals surface area contributed by atoms with Crippen molar-refractivity contribution >= 4 is 57.0 Å². The number of anilines is 1. The average Bonchev–Trinajstić information content (AvgIpc) is 3.25. The van der Waals surface area contributed by atoms with Crippen molar-refractivity contribution in [2.75, 3.05) is 4.90 Å². The maximum absolute atomic E-state index is 11.3. The molecule has 3 aliphatic rings. The van der Waals surface area contributed by atoms with E-state index >= 15 is 0 Å². The number of aromatic nitrogens is 2. The Morgan fingerprint density at radius 2 is 1.85 bits per heavy atom. The molecular weight excluding hydrogens is 577 g/mol. The van der Waals surface area contributed by atoms with Crippen molar-refractivity contribution < 1.29 is 19.2 Å². The number of carboxylic acid groups (broad SMARTS) is 1. The van der Waals surface area contributed by atoms with E-state index in [0.717, 1.165) is 65.6 Å². The number of carbonyl (C=O) groups is 1. The summed E-state index contributed by atoms with van der Waals surface area (Å²) in [7, 11) is 0. The van der Waals surface area contributed by atoms with E-state index in [4.69, 9.17) is 37.4 Å². The van der Waals surface area contributed by atoms with Crippen LogP contribution in [0, 0.1) is 0 Å². The molecule has 1 aromatic carbocycles. The van der Waals surface area contributed by atoms with E-state index in [1.165, 1.54) is 11.3 Å². The third-order valence-electron chi connectivity index (χ3n) is 7.93. The van der Waals surface area contributed by atoms with Crippen LogP contribution in [0.25, 0.3) is 21.8 Å². The van der Waals surface area contributed by atoms with Crippen LogP contribution in [0.2, 0.25) is 10.0 Å². The number of hydrogen-bond acceptors (Lipinski definition) is 8. The number of thiazole rings is 1. The molecule has 0 radical (unpaired) electrons. The maximum Gasteiger partial charge on any atom is 0.336 e. The van der Waals surface area contributed by atoms with Gasteiger partial charge in [0.15, 0.2) is 5.13 Å². The number of rotatable bonds is 8. The molecule has 0 spiro atoms. The summed E-state index contributed by atoms with van der Waals surface area (Å²) in [4.78, 5) is 19.5. The van der Waals surface area contributed by atoms with Gasteiger partial charge in [-0.2, -0.15) is 0 Å². The van der Waals surface area contributed by atoms with Crippen molar-refractivity contribution in [1.82, 2.24) is 10.1 Å². The minimum Gasteiger partial charge on any atom is -0.478 e. The summed E-state index contributed by atoms with van der Waals surface area (Å²) in [5.74, 6) is 0.375. The standard InChI is InChI=1S/C28H25Cl2N3O4S2/c29-20-2-1-3-21(30)24(20)25-19(26(37-32-25)14-4-5-14)11-36-18-9-16-6-7-17(10-18)33(16)28-31-22(13-39-28)23-8-15(12-38-23)27(34)35/h1-3,8,12-14,16-18H,4-7,9-11H2,(H,34,35). The minimum atomic E-state index is -0.911. The molecular formula is C28H25Cl2N3O4S2. The van der Waals surface area contributed by atoms with Crippen LogP contribution in [0.3, 0.4) is 0 Å². The van der Waals surface area contributed by atoms with E-state index in [1.54, 1.807) is 22.8 Å². The lowest BCUT2D eigenvalue weighted by Crippen LogP contribution is -2.45. The van der Waals surface area contributed by atoms with E-state index < -0.39 is 5.97 Å². The Morgan fingerprint density at radius 1 is 1.10 bits per heavy atom. The van der Waals surface area contributed by atoms with Gasteiger partial charge in [-0.25, -0.2) is 9.78 Å². The molecule has 1 aliphatic carbocycles. The molecule has 2 saturated heterocycles. The quantitative estimate of drug-likeness (QED) is 0.218. The van der Waals surface area contributed by atoms with Gasteiger partial charge in [-0.15, -0.1) is 22.7 Å². The zero-order valence-electron chi connectivity index (χ0n) is 20.8. The lowest BCUT2D eigenvalue weighted by molar-refractivity contribution is 0.0147. The highest BCUT2D eigenvalue weighted by atomic mass is 35.5. The van der Waals surface area contributed by atoms with E-state index in [1.807, 2.05) is 23.6 Å². The highest BCUT2D eigenvalue weighted by Crippen LogP contribution is 2.47. The fraction of sp³-hybridized carbons (Fsp3) is 0.393. The number of piperidine rings is 1. The molecule has 2 unspecified atom stereocenters. The molecule has 7 nitrogen and oxygen atoms in total. The zero-order valence-corrected chi connectivity index (χ0v) is 24.0. The summed E-state index contributed by atoms with van der Waals surface area (Å²) < 4.78 is 12.4. The van der Waals surface area contributed by atoms with Gasteiger partial charge in [-0.05, 0) is 56.7 Å². The predicted octanol–water partition coefficient (Wildman–Crippen LogP) is 8.13. The molecule has 39 heavy (non-hydrogen) atoms. The fourth-order valence-corrected chi connectivity index (χ4v) is 8.37. The third kappa shape index (κ3) is 4.78. The van der Waals surface area contributed by atoms with Crippen LogP contribution in [0.5, 0.6) is 0 Å². The summed E-state index contributed by atoms with van der Waals surface area (Å²) in [5.41, 5.74) is 3.49. The van der Waals surface area contributed by atoms with Crippen LogP contribution in [-0.2, 0) is 11.3 Å². The van der Waals surface area contributed by atoms with Crippen molar-refractivity contribution in [2.24, 2.45) is 0 Å². The van der Waals surface area contributed by atoms with E-state index in [-0.39, 0.29) is 6.10 Å². The predicted molar refractivity (Wildman–Crippen MR) is 153 cm³/mol. The molecule has 5 heterocycles. The van der Waals surface area contributed by atoms with Gasteiger partial charge in [-0.1, -0.05) is 34.4 Å². The molecule has 3 fully saturated rings. The van der Waals surface area contributed by atoms with Crippen LogP contribution in [-0.4, -0.2) is 39.4 Å². The summed E-state index contributed by atoms with van der Waals surface area (Å²) in [6.45, 7) is 0.419. The topological polar surface area (TPSA) is 88.7 Å². The fourth-order valence-electron chi connectivity index (χ4n) is 5.90. The van der Waals surface area contributed by atoms with Crippen LogP contribution in [0.1, 0.15) is 66.1 Å². The minimum absolute atomic E-state index is 0.130. The molecule has 4 aromatic rings. The number of carboxylic acids is 1. The molecule has 11 heteroatoms. The monoisotopic (exact) mass is 601 g/mol. The number of ether oxygens (including phenoxy) is 1. The second-order valence-corrected chi connectivity index (χ2v) is 13.0. The lowest BCUT2D eigenvalue weighted by Gasteiger charge is -2.38. The second kappa shape index (κ2) is 10.2. The Kier molecular flexibility index (Phi) is 6.67. The molecule has 2 aliphatic heterocycles. The molecule has 3 aromatic heterocycles. The van der Waals surface area contributed by atoms with E-state index in [0.29, 0.717) is 51.5 Å². The Morgan fingerprint density at radius 3 is 2.51 bits per heavy atom. The van der Waals surface area contributed by atoms with Crippen molar-refractivity contribution in [1.29, 1.82) is 0 Å². The van der Waals surface area contributed by atoms with Gasteiger partial charge in [0.05, 0.1) is 38.9 Å². The van der Waals surface area contributed by atoms with Crippen molar-refractivity contribution in [3.05, 3.63) is 62.0 Å². The number of fused-ring (bicyclic) bond motifs is 2. The highest BCUT2D eigenvalue weighted by molar-refractivity contribution is 7.16. The molecule has 2 atom stereocenters. The Hall–Kier alpha value is -2.43. The van der Waals surface area contributed by atoms with Gasteiger partial charge in [-0.3, -0.25) is 0 Å². The van der Waals surface area contributed by atoms with Gasteiger partial charge >= 0.3 is 5.97 Å². The smallest absolute Gasteiger partial charge is 0.336 e. The number of halogens is 2. The second-order valence-electron chi connectivity index (χ2n) is 10.5. The van der Waals surface area contributed by atoms with E-state index in [2.05, 4.69) is 10.1 Å². The lowest BCUT2D eigenvalue weighted by atomic mass is 10.00. The molecule has 0 amide bonds.